The van der Waals surface area contributed by atoms with E-state index in [-0.39, 0.29) is 6.10 Å². The van der Waals surface area contributed by atoms with Gasteiger partial charge in [-0.25, -0.2) is 5.90 Å². The first kappa shape index (κ1) is 14.1. The zero-order chi connectivity index (χ0) is 14.5. The van der Waals surface area contributed by atoms with Crippen LogP contribution in [0.3, 0.4) is 0 Å². The Kier molecular flexibility index (Phi) is 4.53. The lowest BCUT2D eigenvalue weighted by molar-refractivity contribution is 0.0404. The summed E-state index contributed by atoms with van der Waals surface area (Å²) < 4.78 is 5.87. The Morgan fingerprint density at radius 1 is 1.10 bits per heavy atom. The van der Waals surface area contributed by atoms with Gasteiger partial charge < -0.3 is 4.74 Å². The second-order valence-corrected chi connectivity index (χ2v) is 5.46. The van der Waals surface area contributed by atoms with Crippen LogP contribution in [0, 0.1) is 0 Å². The van der Waals surface area contributed by atoms with Crippen LogP contribution in [0.1, 0.15) is 35.6 Å². The van der Waals surface area contributed by atoms with Crippen molar-refractivity contribution in [3.63, 3.8) is 0 Å². The Bertz CT molecular complexity index is 583. The van der Waals surface area contributed by atoms with Crippen molar-refractivity contribution in [3.8, 4) is 5.75 Å². The maximum atomic E-state index is 5.87. The molecular weight excluding hydrogens is 262 g/mol. The van der Waals surface area contributed by atoms with Gasteiger partial charge in [0.05, 0.1) is 6.61 Å². The summed E-state index contributed by atoms with van der Waals surface area (Å²) in [6.07, 6.45) is 4.14. The minimum absolute atomic E-state index is 0.0344. The van der Waals surface area contributed by atoms with E-state index < -0.39 is 0 Å². The lowest BCUT2D eigenvalue weighted by Gasteiger charge is -2.24. The molecule has 0 saturated heterocycles. The van der Waals surface area contributed by atoms with Crippen molar-refractivity contribution in [2.75, 3.05) is 6.61 Å². The molecule has 0 bridgehead atoms. The standard InChI is InChI=1S/C18H21NO2/c19-21-18-8-4-7-15-13-16(9-10-17(15)18)20-12-11-14-5-2-1-3-6-14/h1-3,5-6,9-10,13,18H,4,7-8,11-12,19H2. The van der Waals surface area contributed by atoms with Gasteiger partial charge in [0.25, 0.3) is 0 Å². The summed E-state index contributed by atoms with van der Waals surface area (Å²) in [6, 6.07) is 16.6. The van der Waals surface area contributed by atoms with Crippen molar-refractivity contribution < 1.29 is 9.57 Å². The summed E-state index contributed by atoms with van der Waals surface area (Å²) in [4.78, 5) is 5.06. The molecule has 0 aliphatic heterocycles. The monoisotopic (exact) mass is 283 g/mol. The Morgan fingerprint density at radius 2 is 1.95 bits per heavy atom. The van der Waals surface area contributed by atoms with Gasteiger partial charge in [-0.05, 0) is 48.1 Å². The topological polar surface area (TPSA) is 44.5 Å². The first-order valence-corrected chi connectivity index (χ1v) is 7.52. The van der Waals surface area contributed by atoms with Crippen molar-refractivity contribution >= 4 is 0 Å². The molecule has 1 aliphatic rings. The van der Waals surface area contributed by atoms with Crippen LogP contribution in [0.5, 0.6) is 5.75 Å². The Balaban J connectivity index is 1.62. The lowest BCUT2D eigenvalue weighted by atomic mass is 9.89. The van der Waals surface area contributed by atoms with Crippen LogP contribution >= 0.6 is 0 Å². The molecule has 0 spiro atoms. The molecule has 0 radical (unpaired) electrons. The summed E-state index contributed by atoms with van der Waals surface area (Å²) in [5, 5.41) is 0. The molecule has 1 atom stereocenters. The zero-order valence-corrected chi connectivity index (χ0v) is 12.1. The summed E-state index contributed by atoms with van der Waals surface area (Å²) >= 11 is 0. The Labute approximate surface area is 125 Å². The molecule has 0 heterocycles. The molecule has 1 aliphatic carbocycles. The zero-order valence-electron chi connectivity index (χ0n) is 12.1. The van der Waals surface area contributed by atoms with Crippen molar-refractivity contribution in [3.05, 3.63) is 65.2 Å². The first-order chi connectivity index (χ1) is 10.4. The molecule has 0 amide bonds. The number of fused-ring (bicyclic) bond motifs is 1. The van der Waals surface area contributed by atoms with Gasteiger partial charge in [0.2, 0.25) is 0 Å². The third-order valence-corrected chi connectivity index (χ3v) is 4.04. The first-order valence-electron chi connectivity index (χ1n) is 7.52. The number of aryl methyl sites for hydroxylation is 1. The van der Waals surface area contributed by atoms with Gasteiger partial charge in [0.15, 0.2) is 0 Å². The highest BCUT2D eigenvalue weighted by Gasteiger charge is 2.20. The van der Waals surface area contributed by atoms with E-state index in [1.807, 2.05) is 12.1 Å². The summed E-state index contributed by atoms with van der Waals surface area (Å²) in [5.74, 6) is 6.30. The highest BCUT2D eigenvalue weighted by Crippen LogP contribution is 2.33. The van der Waals surface area contributed by atoms with E-state index in [1.54, 1.807) is 0 Å². The molecule has 21 heavy (non-hydrogen) atoms. The lowest BCUT2D eigenvalue weighted by Crippen LogP contribution is -2.16. The minimum atomic E-state index is 0.0344. The number of ether oxygens (including phenoxy) is 1. The van der Waals surface area contributed by atoms with E-state index in [0.717, 1.165) is 31.4 Å². The average molecular weight is 283 g/mol. The quantitative estimate of drug-likeness (QED) is 0.853. The van der Waals surface area contributed by atoms with E-state index in [0.29, 0.717) is 6.61 Å². The molecule has 2 aromatic rings. The molecule has 0 saturated carbocycles. The SMILES string of the molecule is NOC1CCCc2cc(OCCc3ccccc3)ccc21. The van der Waals surface area contributed by atoms with E-state index in [1.165, 1.54) is 16.7 Å². The second kappa shape index (κ2) is 6.74. The van der Waals surface area contributed by atoms with Gasteiger partial charge >= 0.3 is 0 Å². The number of hydrogen-bond donors (Lipinski definition) is 1. The third-order valence-electron chi connectivity index (χ3n) is 4.04. The van der Waals surface area contributed by atoms with Crippen LogP contribution in [0.25, 0.3) is 0 Å². The summed E-state index contributed by atoms with van der Waals surface area (Å²) in [7, 11) is 0. The molecule has 3 nitrogen and oxygen atoms in total. The molecule has 3 heteroatoms. The predicted octanol–water partition coefficient (Wildman–Crippen LogP) is 3.58. The predicted molar refractivity (Wildman–Crippen MR) is 83.0 cm³/mol. The smallest absolute Gasteiger partial charge is 0.119 e. The van der Waals surface area contributed by atoms with Crippen LogP contribution in [0.2, 0.25) is 0 Å². The molecule has 2 aromatic carbocycles. The van der Waals surface area contributed by atoms with Gasteiger partial charge in [0.1, 0.15) is 11.9 Å². The third kappa shape index (κ3) is 3.43. The second-order valence-electron chi connectivity index (χ2n) is 5.46. The molecule has 0 fully saturated rings. The van der Waals surface area contributed by atoms with Gasteiger partial charge in [0, 0.05) is 6.42 Å². The summed E-state index contributed by atoms with van der Waals surface area (Å²) in [5.41, 5.74) is 3.81. The van der Waals surface area contributed by atoms with Crippen molar-refractivity contribution in [2.45, 2.75) is 31.8 Å². The molecule has 0 aromatic heterocycles. The minimum Gasteiger partial charge on any atom is -0.493 e. The van der Waals surface area contributed by atoms with Gasteiger partial charge in [-0.1, -0.05) is 36.4 Å². The van der Waals surface area contributed by atoms with Crippen LogP contribution in [-0.2, 0) is 17.7 Å². The molecule has 110 valence electrons. The number of nitrogens with two attached hydrogens (primary N) is 1. The van der Waals surface area contributed by atoms with Crippen molar-refractivity contribution in [1.29, 1.82) is 0 Å². The van der Waals surface area contributed by atoms with E-state index in [4.69, 9.17) is 15.5 Å². The van der Waals surface area contributed by atoms with E-state index in [9.17, 15) is 0 Å². The highest BCUT2D eigenvalue weighted by atomic mass is 16.6. The van der Waals surface area contributed by atoms with Crippen LogP contribution in [0.4, 0.5) is 0 Å². The van der Waals surface area contributed by atoms with E-state index in [2.05, 4.69) is 36.4 Å². The van der Waals surface area contributed by atoms with Gasteiger partial charge in [-0.15, -0.1) is 0 Å². The number of benzene rings is 2. The molecule has 2 N–H and O–H groups in total. The Morgan fingerprint density at radius 3 is 2.76 bits per heavy atom. The summed E-state index contributed by atoms with van der Waals surface area (Å²) in [6.45, 7) is 0.694. The maximum Gasteiger partial charge on any atom is 0.119 e. The normalized spacial score (nSPS) is 17.3. The fourth-order valence-corrected chi connectivity index (χ4v) is 2.91. The fraction of sp³-hybridized carbons (Fsp3) is 0.333. The number of rotatable bonds is 5. The van der Waals surface area contributed by atoms with Crippen LogP contribution < -0.4 is 10.6 Å². The van der Waals surface area contributed by atoms with Gasteiger partial charge in [-0.2, -0.15) is 0 Å². The largest absolute Gasteiger partial charge is 0.493 e. The fourth-order valence-electron chi connectivity index (χ4n) is 2.91. The van der Waals surface area contributed by atoms with Crippen LogP contribution in [-0.4, -0.2) is 6.61 Å². The number of hydrogen-bond acceptors (Lipinski definition) is 3. The molecule has 1 unspecified atom stereocenters. The molecular formula is C18H21NO2. The highest BCUT2D eigenvalue weighted by molar-refractivity contribution is 5.38. The van der Waals surface area contributed by atoms with Gasteiger partial charge in [-0.3, -0.25) is 4.84 Å². The van der Waals surface area contributed by atoms with E-state index >= 15 is 0 Å². The molecule has 3 rings (SSSR count). The maximum absolute atomic E-state index is 5.87. The average Bonchev–Trinajstić information content (AvgIpc) is 2.55. The van der Waals surface area contributed by atoms with Crippen molar-refractivity contribution in [1.82, 2.24) is 0 Å². The van der Waals surface area contributed by atoms with Crippen molar-refractivity contribution in [2.24, 2.45) is 5.90 Å². The Hall–Kier alpha value is -1.84. The van der Waals surface area contributed by atoms with Crippen LogP contribution in [0.15, 0.2) is 48.5 Å².